The zero-order valence-electron chi connectivity index (χ0n) is 10.8. The summed E-state index contributed by atoms with van der Waals surface area (Å²) >= 11 is 0. The summed E-state index contributed by atoms with van der Waals surface area (Å²) in [6, 6.07) is 13.3. The molecule has 0 aliphatic carbocycles. The van der Waals surface area contributed by atoms with Crippen molar-refractivity contribution in [1.29, 1.82) is 0 Å². The molecule has 0 fully saturated rings. The van der Waals surface area contributed by atoms with Gasteiger partial charge < -0.3 is 9.84 Å². The van der Waals surface area contributed by atoms with Crippen molar-refractivity contribution in [3.05, 3.63) is 65.7 Å². The van der Waals surface area contributed by atoms with Gasteiger partial charge in [0.1, 0.15) is 5.75 Å². The minimum Gasteiger partial charge on any atom is -0.406 e. The van der Waals surface area contributed by atoms with Crippen LogP contribution in [-0.4, -0.2) is 11.5 Å². The highest BCUT2D eigenvalue weighted by molar-refractivity contribution is 5.45. The van der Waals surface area contributed by atoms with Crippen molar-refractivity contribution < 1.29 is 23.0 Å². The Morgan fingerprint density at radius 1 is 0.905 bits per heavy atom. The zero-order chi connectivity index (χ0) is 15.5. The lowest BCUT2D eigenvalue weighted by atomic mass is 9.87. The standard InChI is InChI=1S/C16H11F3O2/c1-2-15(20,12-6-4-3-5-7-12)13-8-10-14(11-9-13)21-16(17,18)19/h1,3-11,20H. The number of ether oxygens (including phenoxy) is 1. The predicted molar refractivity (Wildman–Crippen MR) is 71.4 cm³/mol. The molecule has 1 N–H and O–H groups in total. The number of hydrogen-bond acceptors (Lipinski definition) is 2. The lowest BCUT2D eigenvalue weighted by molar-refractivity contribution is -0.274. The summed E-state index contributed by atoms with van der Waals surface area (Å²) in [5, 5.41) is 10.6. The van der Waals surface area contributed by atoms with Crippen LogP contribution in [0.3, 0.4) is 0 Å². The first kappa shape index (κ1) is 14.9. The SMILES string of the molecule is C#CC(O)(c1ccccc1)c1ccc(OC(F)(F)F)cc1. The third-order valence-corrected chi connectivity index (χ3v) is 2.91. The van der Waals surface area contributed by atoms with Gasteiger partial charge in [0.2, 0.25) is 0 Å². The maximum absolute atomic E-state index is 12.1. The van der Waals surface area contributed by atoms with Crippen LogP contribution >= 0.6 is 0 Å². The van der Waals surface area contributed by atoms with Crippen LogP contribution in [0.15, 0.2) is 54.6 Å². The molecule has 0 amide bonds. The van der Waals surface area contributed by atoms with Crippen molar-refractivity contribution in [1.82, 2.24) is 0 Å². The van der Waals surface area contributed by atoms with Crippen LogP contribution in [0.2, 0.25) is 0 Å². The Labute approximate surface area is 119 Å². The average molecular weight is 292 g/mol. The molecule has 0 aliphatic rings. The fourth-order valence-corrected chi connectivity index (χ4v) is 1.91. The van der Waals surface area contributed by atoms with Gasteiger partial charge in [0.05, 0.1) is 0 Å². The minimum atomic E-state index is -4.76. The quantitative estimate of drug-likeness (QED) is 0.878. The second kappa shape index (κ2) is 5.51. The molecule has 0 heterocycles. The molecule has 1 atom stereocenters. The molecule has 0 bridgehead atoms. The van der Waals surface area contributed by atoms with Crippen LogP contribution in [0.4, 0.5) is 13.2 Å². The van der Waals surface area contributed by atoms with E-state index in [0.29, 0.717) is 5.56 Å². The van der Waals surface area contributed by atoms with Crippen LogP contribution < -0.4 is 4.74 Å². The maximum atomic E-state index is 12.1. The first-order valence-electron chi connectivity index (χ1n) is 5.97. The summed E-state index contributed by atoms with van der Waals surface area (Å²) in [6.45, 7) is 0. The number of aliphatic hydroxyl groups is 1. The molecule has 0 spiro atoms. The first-order valence-corrected chi connectivity index (χ1v) is 5.97. The molecule has 0 aromatic heterocycles. The predicted octanol–water partition coefficient (Wildman–Crippen LogP) is 3.45. The van der Waals surface area contributed by atoms with Crippen molar-refractivity contribution in [3.63, 3.8) is 0 Å². The number of halogens is 3. The molecule has 0 aliphatic heterocycles. The Kier molecular flexibility index (Phi) is 3.92. The Morgan fingerprint density at radius 2 is 1.43 bits per heavy atom. The number of alkyl halides is 3. The molecule has 0 saturated heterocycles. The fourth-order valence-electron chi connectivity index (χ4n) is 1.91. The van der Waals surface area contributed by atoms with Crippen LogP contribution in [0, 0.1) is 12.3 Å². The normalized spacial score (nSPS) is 14.0. The van der Waals surface area contributed by atoms with E-state index in [1.807, 2.05) is 0 Å². The van der Waals surface area contributed by atoms with E-state index in [1.165, 1.54) is 12.1 Å². The second-order valence-electron chi connectivity index (χ2n) is 4.29. The highest BCUT2D eigenvalue weighted by Crippen LogP contribution is 2.31. The topological polar surface area (TPSA) is 29.5 Å². The van der Waals surface area contributed by atoms with Gasteiger partial charge >= 0.3 is 6.36 Å². The van der Waals surface area contributed by atoms with Crippen LogP contribution in [0.25, 0.3) is 0 Å². The highest BCUT2D eigenvalue weighted by atomic mass is 19.4. The van der Waals surface area contributed by atoms with E-state index in [2.05, 4.69) is 10.7 Å². The van der Waals surface area contributed by atoms with Crippen molar-refractivity contribution in [3.8, 4) is 18.1 Å². The minimum absolute atomic E-state index is 0.283. The lowest BCUT2D eigenvalue weighted by Gasteiger charge is -2.23. The summed E-state index contributed by atoms with van der Waals surface area (Å²) in [5.41, 5.74) is -0.972. The van der Waals surface area contributed by atoms with Crippen LogP contribution in [0.5, 0.6) is 5.75 Å². The van der Waals surface area contributed by atoms with Crippen molar-refractivity contribution >= 4 is 0 Å². The molecule has 0 saturated carbocycles. The van der Waals surface area contributed by atoms with E-state index >= 15 is 0 Å². The molecule has 5 heteroatoms. The maximum Gasteiger partial charge on any atom is 0.573 e. The van der Waals surface area contributed by atoms with E-state index < -0.39 is 12.0 Å². The van der Waals surface area contributed by atoms with Gasteiger partial charge in [-0.15, -0.1) is 19.6 Å². The fraction of sp³-hybridized carbons (Fsp3) is 0.125. The van der Waals surface area contributed by atoms with Gasteiger partial charge in [-0.1, -0.05) is 48.4 Å². The molecule has 2 rings (SSSR count). The van der Waals surface area contributed by atoms with E-state index in [-0.39, 0.29) is 11.3 Å². The molecule has 2 aromatic rings. The lowest BCUT2D eigenvalue weighted by Crippen LogP contribution is -2.25. The van der Waals surface area contributed by atoms with E-state index in [1.54, 1.807) is 30.3 Å². The second-order valence-corrected chi connectivity index (χ2v) is 4.29. The van der Waals surface area contributed by atoms with Gasteiger partial charge in [0.25, 0.3) is 0 Å². The Bertz CT molecular complexity index is 642. The number of benzene rings is 2. The largest absolute Gasteiger partial charge is 0.573 e. The molecule has 1 unspecified atom stereocenters. The van der Waals surface area contributed by atoms with Gasteiger partial charge in [-0.25, -0.2) is 0 Å². The molecule has 0 radical (unpaired) electrons. The van der Waals surface area contributed by atoms with Crippen LogP contribution in [-0.2, 0) is 5.60 Å². The van der Waals surface area contributed by atoms with Gasteiger partial charge in [-0.05, 0) is 12.1 Å². The van der Waals surface area contributed by atoms with Crippen molar-refractivity contribution in [2.45, 2.75) is 12.0 Å². The zero-order valence-corrected chi connectivity index (χ0v) is 10.8. The van der Waals surface area contributed by atoms with Gasteiger partial charge in [-0.2, -0.15) is 0 Å². The summed E-state index contributed by atoms with van der Waals surface area (Å²) in [4.78, 5) is 0. The van der Waals surface area contributed by atoms with Gasteiger partial charge in [-0.3, -0.25) is 0 Å². The van der Waals surface area contributed by atoms with Gasteiger partial charge in [0, 0.05) is 11.1 Å². The average Bonchev–Trinajstić information content (AvgIpc) is 2.46. The third-order valence-electron chi connectivity index (χ3n) is 2.91. The van der Waals surface area contributed by atoms with E-state index in [9.17, 15) is 18.3 Å². The van der Waals surface area contributed by atoms with Crippen LogP contribution in [0.1, 0.15) is 11.1 Å². The van der Waals surface area contributed by atoms with E-state index in [4.69, 9.17) is 6.42 Å². The van der Waals surface area contributed by atoms with E-state index in [0.717, 1.165) is 12.1 Å². The van der Waals surface area contributed by atoms with Gasteiger partial charge in [0.15, 0.2) is 5.60 Å². The summed E-state index contributed by atoms with van der Waals surface area (Å²) in [5.74, 6) is 1.90. The molecular weight excluding hydrogens is 281 g/mol. The highest BCUT2D eigenvalue weighted by Gasteiger charge is 2.32. The molecule has 2 aromatic carbocycles. The van der Waals surface area contributed by atoms with Crippen molar-refractivity contribution in [2.75, 3.05) is 0 Å². The summed E-state index contributed by atoms with van der Waals surface area (Å²) in [6.07, 6.45) is 0.639. The summed E-state index contributed by atoms with van der Waals surface area (Å²) < 4.78 is 40.1. The molecule has 21 heavy (non-hydrogen) atoms. The number of rotatable bonds is 3. The molecule has 2 nitrogen and oxygen atoms in total. The summed E-state index contributed by atoms with van der Waals surface area (Å²) in [7, 11) is 0. The monoisotopic (exact) mass is 292 g/mol. The smallest absolute Gasteiger partial charge is 0.406 e. The molecule has 108 valence electrons. The molecular formula is C16H11F3O2. The Balaban J connectivity index is 2.35. The third kappa shape index (κ3) is 3.36. The Morgan fingerprint density at radius 3 is 1.90 bits per heavy atom. The first-order chi connectivity index (χ1) is 9.85. The van der Waals surface area contributed by atoms with Crippen molar-refractivity contribution in [2.24, 2.45) is 0 Å². The Hall–Kier alpha value is -2.45. The number of hydrogen-bond donors (Lipinski definition) is 1. The number of terminal acetylenes is 1.